The van der Waals surface area contributed by atoms with Crippen molar-refractivity contribution in [3.63, 3.8) is 0 Å². The fraction of sp³-hybridized carbons (Fsp3) is 0.261. The van der Waals surface area contributed by atoms with Crippen molar-refractivity contribution >= 4 is 17.7 Å². The fourth-order valence-electron chi connectivity index (χ4n) is 3.90. The molecule has 1 saturated carbocycles. The summed E-state index contributed by atoms with van der Waals surface area (Å²) in [5.74, 6) is 0.0781. The van der Waals surface area contributed by atoms with Gasteiger partial charge in [0, 0.05) is 6.04 Å². The molecular formula is C23H21N5O4. The Balaban J connectivity index is 1.33. The maximum atomic E-state index is 12.9. The van der Waals surface area contributed by atoms with Gasteiger partial charge in [0.05, 0.1) is 36.9 Å². The molecule has 0 unspecified atom stereocenters. The molecule has 1 N–H and O–H groups in total. The molecule has 1 aliphatic carbocycles. The number of nitrogens with one attached hydrogen (secondary N) is 1. The number of benzene rings is 2. The van der Waals surface area contributed by atoms with Crippen LogP contribution in [0.5, 0.6) is 5.75 Å². The van der Waals surface area contributed by atoms with Crippen LogP contribution in [0.2, 0.25) is 0 Å². The van der Waals surface area contributed by atoms with E-state index in [1.165, 1.54) is 12.0 Å². The van der Waals surface area contributed by atoms with E-state index in [4.69, 9.17) is 4.74 Å². The van der Waals surface area contributed by atoms with E-state index in [0.29, 0.717) is 39.9 Å². The predicted molar refractivity (Wildman–Crippen MR) is 113 cm³/mol. The second kappa shape index (κ2) is 7.92. The van der Waals surface area contributed by atoms with Gasteiger partial charge in [0.2, 0.25) is 0 Å². The van der Waals surface area contributed by atoms with E-state index < -0.39 is 0 Å². The van der Waals surface area contributed by atoms with Gasteiger partial charge < -0.3 is 14.6 Å². The zero-order valence-electron chi connectivity index (χ0n) is 17.4. The van der Waals surface area contributed by atoms with Crippen molar-refractivity contribution in [2.75, 3.05) is 7.11 Å². The van der Waals surface area contributed by atoms with Crippen molar-refractivity contribution < 1.29 is 19.1 Å². The minimum Gasteiger partial charge on any atom is -0.496 e. The summed E-state index contributed by atoms with van der Waals surface area (Å²) in [4.78, 5) is 39.4. The zero-order chi connectivity index (χ0) is 22.2. The van der Waals surface area contributed by atoms with Crippen LogP contribution < -0.4 is 10.1 Å². The molecule has 0 spiro atoms. The summed E-state index contributed by atoms with van der Waals surface area (Å²) in [5.41, 5.74) is 1.75. The number of ether oxygens (including phenoxy) is 1. The normalized spacial score (nSPS) is 15.1. The van der Waals surface area contributed by atoms with E-state index in [2.05, 4.69) is 15.5 Å². The number of methoxy groups -OCH3 is 1. The summed E-state index contributed by atoms with van der Waals surface area (Å²) in [6.45, 7) is 0.299. The number of aromatic nitrogens is 3. The standard InChI is InChI=1S/C23H21N5O4/c1-32-19-9-6-14(12-27-22(30)16-4-2-3-5-17(16)23(27)31)10-18(19)21(29)24-11-20-26-25-13-28(20)15-7-8-15/h2-6,9-10,13,15H,7-8,11-12H2,1H3,(H,24,29). The molecule has 0 atom stereocenters. The maximum Gasteiger partial charge on any atom is 0.261 e. The lowest BCUT2D eigenvalue weighted by molar-refractivity contribution is 0.0642. The van der Waals surface area contributed by atoms with Crippen molar-refractivity contribution in [2.45, 2.75) is 32.0 Å². The van der Waals surface area contributed by atoms with Gasteiger partial charge in [0.15, 0.2) is 5.82 Å². The SMILES string of the molecule is COc1ccc(CN2C(=O)c3ccccc3C2=O)cc1C(=O)NCc1nncn1C1CC1. The van der Waals surface area contributed by atoms with Crippen molar-refractivity contribution in [3.8, 4) is 5.75 Å². The van der Waals surface area contributed by atoms with E-state index in [1.807, 2.05) is 4.57 Å². The lowest BCUT2D eigenvalue weighted by Crippen LogP contribution is -2.29. The Morgan fingerprint density at radius 2 is 1.84 bits per heavy atom. The van der Waals surface area contributed by atoms with Crippen LogP contribution in [0.3, 0.4) is 0 Å². The number of carbonyl (C=O) groups excluding carboxylic acids is 3. The van der Waals surface area contributed by atoms with Crippen LogP contribution in [0.4, 0.5) is 0 Å². The molecule has 162 valence electrons. The highest BCUT2D eigenvalue weighted by molar-refractivity contribution is 6.21. The number of hydrogen-bond donors (Lipinski definition) is 1. The molecule has 3 aromatic rings. The first-order valence-corrected chi connectivity index (χ1v) is 10.4. The second-order valence-electron chi connectivity index (χ2n) is 7.84. The molecule has 3 amide bonds. The molecule has 2 aromatic carbocycles. The Morgan fingerprint density at radius 1 is 1.12 bits per heavy atom. The zero-order valence-corrected chi connectivity index (χ0v) is 17.4. The van der Waals surface area contributed by atoms with E-state index in [9.17, 15) is 14.4 Å². The third-order valence-electron chi connectivity index (χ3n) is 5.72. The number of rotatable bonds is 7. The van der Waals surface area contributed by atoms with Gasteiger partial charge in [-0.05, 0) is 42.7 Å². The Morgan fingerprint density at radius 3 is 2.50 bits per heavy atom. The van der Waals surface area contributed by atoms with Gasteiger partial charge in [-0.15, -0.1) is 10.2 Å². The first-order chi connectivity index (χ1) is 15.6. The van der Waals surface area contributed by atoms with E-state index >= 15 is 0 Å². The van der Waals surface area contributed by atoms with Crippen LogP contribution in [0, 0.1) is 0 Å². The summed E-state index contributed by atoms with van der Waals surface area (Å²) in [6.07, 6.45) is 3.86. The molecule has 1 fully saturated rings. The number of fused-ring (bicyclic) bond motifs is 1. The third-order valence-corrected chi connectivity index (χ3v) is 5.72. The van der Waals surface area contributed by atoms with Crippen LogP contribution in [0.25, 0.3) is 0 Å². The van der Waals surface area contributed by atoms with Crippen LogP contribution in [-0.2, 0) is 13.1 Å². The van der Waals surface area contributed by atoms with Gasteiger partial charge >= 0.3 is 0 Å². The number of hydrogen-bond acceptors (Lipinski definition) is 6. The molecule has 32 heavy (non-hydrogen) atoms. The minimum absolute atomic E-state index is 0.0621. The molecule has 1 aliphatic heterocycles. The lowest BCUT2D eigenvalue weighted by Gasteiger charge is -2.16. The van der Waals surface area contributed by atoms with Crippen molar-refractivity contribution in [3.05, 3.63) is 76.9 Å². The van der Waals surface area contributed by atoms with Gasteiger partial charge in [-0.25, -0.2) is 0 Å². The number of nitrogens with zero attached hydrogens (tertiary/aromatic N) is 4. The van der Waals surface area contributed by atoms with Gasteiger partial charge in [-0.3, -0.25) is 19.3 Å². The summed E-state index contributed by atoms with van der Waals surface area (Å²) in [6, 6.07) is 12.2. The van der Waals surface area contributed by atoms with E-state index in [0.717, 1.165) is 12.8 Å². The van der Waals surface area contributed by atoms with Gasteiger partial charge in [-0.2, -0.15) is 0 Å². The maximum absolute atomic E-state index is 12.9. The van der Waals surface area contributed by atoms with Gasteiger partial charge in [-0.1, -0.05) is 18.2 Å². The average molecular weight is 431 g/mol. The third kappa shape index (κ3) is 3.51. The monoisotopic (exact) mass is 431 g/mol. The average Bonchev–Trinajstić information content (AvgIpc) is 3.51. The largest absolute Gasteiger partial charge is 0.496 e. The molecule has 0 bridgehead atoms. The number of amides is 3. The summed E-state index contributed by atoms with van der Waals surface area (Å²) in [5, 5.41) is 10.9. The van der Waals surface area contributed by atoms with Crippen LogP contribution in [0.1, 0.15) is 61.3 Å². The first kappa shape index (κ1) is 19.9. The molecule has 0 saturated heterocycles. The Hall–Kier alpha value is -4.01. The molecule has 1 aromatic heterocycles. The summed E-state index contributed by atoms with van der Waals surface area (Å²) >= 11 is 0. The van der Waals surface area contributed by atoms with Crippen molar-refractivity contribution in [1.29, 1.82) is 0 Å². The Labute approximate surface area is 184 Å². The van der Waals surface area contributed by atoms with Gasteiger partial charge in [0.25, 0.3) is 17.7 Å². The van der Waals surface area contributed by atoms with E-state index in [1.54, 1.807) is 48.8 Å². The Kier molecular flexibility index (Phi) is 4.93. The van der Waals surface area contributed by atoms with Gasteiger partial charge in [0.1, 0.15) is 12.1 Å². The quantitative estimate of drug-likeness (QED) is 0.576. The number of imide groups is 1. The summed E-state index contributed by atoms with van der Waals surface area (Å²) in [7, 11) is 1.49. The summed E-state index contributed by atoms with van der Waals surface area (Å²) < 4.78 is 7.33. The Bertz CT molecular complexity index is 1200. The number of carbonyl (C=O) groups is 3. The highest BCUT2D eigenvalue weighted by atomic mass is 16.5. The second-order valence-corrected chi connectivity index (χ2v) is 7.84. The topological polar surface area (TPSA) is 106 Å². The van der Waals surface area contributed by atoms with Crippen LogP contribution in [-0.4, -0.2) is 44.5 Å². The highest BCUT2D eigenvalue weighted by Gasteiger charge is 2.35. The first-order valence-electron chi connectivity index (χ1n) is 10.4. The van der Waals surface area contributed by atoms with Crippen LogP contribution >= 0.6 is 0 Å². The molecule has 0 radical (unpaired) electrons. The molecule has 2 aliphatic rings. The molecule has 9 nitrogen and oxygen atoms in total. The lowest BCUT2D eigenvalue weighted by atomic mass is 10.1. The predicted octanol–water partition coefficient (Wildman–Crippen LogP) is 2.35. The highest BCUT2D eigenvalue weighted by Crippen LogP contribution is 2.35. The molecule has 5 rings (SSSR count). The minimum atomic E-state index is -0.341. The van der Waals surface area contributed by atoms with Crippen molar-refractivity contribution in [2.24, 2.45) is 0 Å². The molecular weight excluding hydrogens is 410 g/mol. The van der Waals surface area contributed by atoms with E-state index in [-0.39, 0.29) is 30.8 Å². The fourth-order valence-corrected chi connectivity index (χ4v) is 3.90. The molecule has 9 heteroatoms. The van der Waals surface area contributed by atoms with Crippen molar-refractivity contribution in [1.82, 2.24) is 25.0 Å². The molecule has 2 heterocycles. The van der Waals surface area contributed by atoms with Crippen LogP contribution in [0.15, 0.2) is 48.8 Å². The smallest absolute Gasteiger partial charge is 0.261 e.